The number of benzene rings is 2. The molecular formula is C23H16ClNO5. The van der Waals surface area contributed by atoms with Crippen molar-refractivity contribution in [2.24, 2.45) is 0 Å². The highest BCUT2D eigenvalue weighted by Crippen LogP contribution is 2.35. The largest absolute Gasteiger partial charge is 0.478 e. The molecule has 1 amide bonds. The Morgan fingerprint density at radius 2 is 1.90 bits per heavy atom. The van der Waals surface area contributed by atoms with Crippen molar-refractivity contribution in [3.63, 3.8) is 0 Å². The fourth-order valence-electron chi connectivity index (χ4n) is 3.42. The molecule has 0 fully saturated rings. The smallest absolute Gasteiger partial charge is 0.328 e. The summed E-state index contributed by atoms with van der Waals surface area (Å²) in [6.07, 6.45) is 4.83. The van der Waals surface area contributed by atoms with Crippen molar-refractivity contribution >= 4 is 51.8 Å². The number of allylic oxidation sites excluding steroid dienone is 1. The zero-order valence-corrected chi connectivity index (χ0v) is 16.4. The second kappa shape index (κ2) is 8.00. The Kier molecular flexibility index (Phi) is 5.25. The van der Waals surface area contributed by atoms with Gasteiger partial charge in [-0.3, -0.25) is 9.59 Å². The van der Waals surface area contributed by atoms with Gasteiger partial charge in [0.1, 0.15) is 11.3 Å². The first-order valence-corrected chi connectivity index (χ1v) is 9.57. The first-order chi connectivity index (χ1) is 14.4. The molecule has 2 aromatic carbocycles. The predicted molar refractivity (Wildman–Crippen MR) is 116 cm³/mol. The summed E-state index contributed by atoms with van der Waals surface area (Å²) >= 11 is 6.25. The zero-order valence-electron chi connectivity index (χ0n) is 15.6. The molecule has 7 heteroatoms. The Morgan fingerprint density at radius 3 is 2.67 bits per heavy atom. The van der Waals surface area contributed by atoms with Crippen LogP contribution in [0.2, 0.25) is 5.02 Å². The van der Waals surface area contributed by atoms with Gasteiger partial charge in [0, 0.05) is 34.5 Å². The minimum atomic E-state index is -1.22. The first-order valence-electron chi connectivity index (χ1n) is 9.19. The fraction of sp³-hybridized carbons (Fsp3) is 0.0870. The molecule has 0 bridgehead atoms. The fourth-order valence-corrected chi connectivity index (χ4v) is 3.61. The molecule has 1 aliphatic carbocycles. The number of hydrogen-bond donors (Lipinski definition) is 2. The van der Waals surface area contributed by atoms with Crippen molar-refractivity contribution in [3.8, 4) is 0 Å². The summed E-state index contributed by atoms with van der Waals surface area (Å²) in [4.78, 5) is 35.3. The highest BCUT2D eigenvalue weighted by atomic mass is 35.5. The number of carboxylic acid groups (broad SMARTS) is 1. The third kappa shape index (κ3) is 3.90. The molecule has 0 aliphatic heterocycles. The molecule has 4 rings (SSSR count). The van der Waals surface area contributed by atoms with E-state index in [0.717, 1.165) is 23.3 Å². The van der Waals surface area contributed by atoms with Crippen molar-refractivity contribution in [2.45, 2.75) is 12.8 Å². The van der Waals surface area contributed by atoms with Crippen LogP contribution in [0.4, 0.5) is 5.69 Å². The molecule has 0 saturated heterocycles. The van der Waals surface area contributed by atoms with Crippen molar-refractivity contribution in [3.05, 3.63) is 86.7 Å². The van der Waals surface area contributed by atoms with E-state index in [4.69, 9.17) is 21.1 Å². The summed E-state index contributed by atoms with van der Waals surface area (Å²) in [7, 11) is 0. The molecule has 0 unspecified atom stereocenters. The number of carboxylic acids is 1. The van der Waals surface area contributed by atoms with Gasteiger partial charge in [-0.25, -0.2) is 4.79 Å². The number of nitrogens with one attached hydrogen (secondary N) is 1. The van der Waals surface area contributed by atoms with Gasteiger partial charge in [0.05, 0.1) is 5.39 Å². The summed E-state index contributed by atoms with van der Waals surface area (Å²) in [5, 5.41) is 12.2. The highest BCUT2D eigenvalue weighted by Gasteiger charge is 2.24. The molecule has 0 radical (unpaired) electrons. The molecule has 1 aliphatic rings. The molecule has 6 nitrogen and oxygen atoms in total. The number of hydrogen-bond acceptors (Lipinski definition) is 4. The van der Waals surface area contributed by atoms with E-state index < -0.39 is 11.9 Å². The molecule has 1 aromatic heterocycles. The summed E-state index contributed by atoms with van der Waals surface area (Å²) in [6.45, 7) is 0. The van der Waals surface area contributed by atoms with Crippen LogP contribution in [0.1, 0.15) is 23.3 Å². The van der Waals surface area contributed by atoms with E-state index in [0.29, 0.717) is 45.8 Å². The summed E-state index contributed by atoms with van der Waals surface area (Å²) < 4.78 is 6.06. The topological polar surface area (TPSA) is 96.6 Å². The molecule has 0 spiro atoms. The normalized spacial score (nSPS) is 14.4. The minimum absolute atomic E-state index is 0.0996. The van der Waals surface area contributed by atoms with Gasteiger partial charge >= 0.3 is 5.97 Å². The third-order valence-corrected chi connectivity index (χ3v) is 5.15. The van der Waals surface area contributed by atoms with Crippen LogP contribution in [0.25, 0.3) is 22.6 Å². The Hall–Kier alpha value is -3.64. The van der Waals surface area contributed by atoms with Gasteiger partial charge in [0.25, 0.3) is 0 Å². The van der Waals surface area contributed by atoms with Gasteiger partial charge in [-0.15, -0.1) is 0 Å². The average Bonchev–Trinajstić information content (AvgIpc) is 3.11. The van der Waals surface area contributed by atoms with Crippen LogP contribution >= 0.6 is 11.6 Å². The molecule has 3 aromatic rings. The van der Waals surface area contributed by atoms with E-state index in [1.54, 1.807) is 24.3 Å². The van der Waals surface area contributed by atoms with Crippen molar-refractivity contribution < 1.29 is 19.1 Å². The van der Waals surface area contributed by atoms with Crippen LogP contribution in [0.3, 0.4) is 0 Å². The van der Waals surface area contributed by atoms with Crippen LogP contribution in [0, 0.1) is 0 Å². The summed E-state index contributed by atoms with van der Waals surface area (Å²) in [6, 6.07) is 12.1. The lowest BCUT2D eigenvalue weighted by Gasteiger charge is -2.07. The molecule has 2 N–H and O–H groups in total. The minimum Gasteiger partial charge on any atom is -0.478 e. The average molecular weight is 422 g/mol. The second-order valence-corrected chi connectivity index (χ2v) is 7.21. The molecule has 1 heterocycles. The van der Waals surface area contributed by atoms with E-state index >= 15 is 0 Å². The van der Waals surface area contributed by atoms with Crippen LogP contribution in [0.15, 0.2) is 63.8 Å². The number of rotatable bonds is 4. The Bertz CT molecular complexity index is 1300. The van der Waals surface area contributed by atoms with Gasteiger partial charge in [-0.1, -0.05) is 29.8 Å². The van der Waals surface area contributed by atoms with E-state index in [2.05, 4.69) is 5.32 Å². The van der Waals surface area contributed by atoms with Gasteiger partial charge in [0.2, 0.25) is 5.91 Å². The first kappa shape index (κ1) is 19.7. The maximum absolute atomic E-state index is 12.9. The quantitative estimate of drug-likeness (QED) is 0.604. The molecule has 30 heavy (non-hydrogen) atoms. The number of amides is 1. The van der Waals surface area contributed by atoms with Crippen LogP contribution in [-0.4, -0.2) is 17.0 Å². The SMILES string of the molecule is O=C(O)/C=C\C(=O)Nc1ccc2c(=O)c3c(oc2c1)/C(=C/c1ccccc1Cl)CC3. The molecule has 0 saturated carbocycles. The predicted octanol–water partition coefficient (Wildman–Crippen LogP) is 4.51. The lowest BCUT2D eigenvalue weighted by molar-refractivity contribution is -0.131. The van der Waals surface area contributed by atoms with Crippen LogP contribution < -0.4 is 10.7 Å². The van der Waals surface area contributed by atoms with Crippen molar-refractivity contribution in [1.82, 2.24) is 0 Å². The number of halogens is 1. The van der Waals surface area contributed by atoms with Gasteiger partial charge in [-0.05, 0) is 48.3 Å². The number of anilines is 1. The number of fused-ring (bicyclic) bond motifs is 2. The lowest BCUT2D eigenvalue weighted by Crippen LogP contribution is -2.11. The van der Waals surface area contributed by atoms with E-state index in [-0.39, 0.29) is 5.43 Å². The number of carbonyl (C=O) groups excluding carboxylic acids is 1. The zero-order chi connectivity index (χ0) is 21.3. The van der Waals surface area contributed by atoms with Gasteiger partial charge in [0.15, 0.2) is 5.43 Å². The van der Waals surface area contributed by atoms with Crippen molar-refractivity contribution in [1.29, 1.82) is 0 Å². The maximum Gasteiger partial charge on any atom is 0.328 e. The van der Waals surface area contributed by atoms with Gasteiger partial charge < -0.3 is 14.8 Å². The van der Waals surface area contributed by atoms with Gasteiger partial charge in [-0.2, -0.15) is 0 Å². The number of aliphatic carboxylic acids is 1. The summed E-state index contributed by atoms with van der Waals surface area (Å²) in [5.41, 5.74) is 2.98. The Labute approximate surface area is 176 Å². The highest BCUT2D eigenvalue weighted by molar-refractivity contribution is 6.32. The Balaban J connectivity index is 1.73. The monoisotopic (exact) mass is 421 g/mol. The van der Waals surface area contributed by atoms with E-state index in [9.17, 15) is 14.4 Å². The third-order valence-electron chi connectivity index (χ3n) is 4.80. The standard InChI is InChI=1S/C23H16ClNO5/c24-18-4-2-1-3-13(18)11-14-5-7-17-22(29)16-8-6-15(12-19(16)30-23(14)17)25-20(26)9-10-21(27)28/h1-4,6,8-12H,5,7H2,(H,25,26)(H,27,28)/b10-9-,14-11+. The van der Waals surface area contributed by atoms with E-state index in [1.165, 1.54) is 0 Å². The Morgan fingerprint density at radius 1 is 1.10 bits per heavy atom. The molecule has 150 valence electrons. The molecular weight excluding hydrogens is 406 g/mol. The van der Waals surface area contributed by atoms with Crippen molar-refractivity contribution in [2.75, 3.05) is 5.32 Å². The van der Waals surface area contributed by atoms with Crippen LogP contribution in [-0.2, 0) is 16.0 Å². The number of carbonyl (C=O) groups is 2. The second-order valence-electron chi connectivity index (χ2n) is 6.80. The van der Waals surface area contributed by atoms with Crippen LogP contribution in [0.5, 0.6) is 0 Å². The lowest BCUT2D eigenvalue weighted by atomic mass is 10.1. The molecule has 0 atom stereocenters. The van der Waals surface area contributed by atoms with E-state index in [1.807, 2.05) is 24.3 Å². The maximum atomic E-state index is 12.9. The summed E-state index contributed by atoms with van der Waals surface area (Å²) in [5.74, 6) is -1.29.